The fourth-order valence-electron chi connectivity index (χ4n) is 7.57. The minimum Gasteiger partial charge on any atom is -0.507 e. The van der Waals surface area contributed by atoms with Gasteiger partial charge >= 0.3 is 0 Å². The molecule has 0 aliphatic heterocycles. The number of benzene rings is 7. The van der Waals surface area contributed by atoms with Gasteiger partial charge in [-0.2, -0.15) is 0 Å². The summed E-state index contributed by atoms with van der Waals surface area (Å²) in [5, 5.41) is 11.4. The molecule has 0 amide bonds. The number of imidazole rings is 1. The van der Waals surface area contributed by atoms with Crippen molar-refractivity contribution in [3.8, 4) is 78.6 Å². The Balaban J connectivity index is 0.00000659. The molecule has 5 heteroatoms. The normalized spacial score (nSPS) is 14.8. The molecule has 2 aromatic heterocycles. The van der Waals surface area contributed by atoms with Gasteiger partial charge < -0.3 is 5.11 Å². The number of para-hydroxylation sites is 2. The van der Waals surface area contributed by atoms with E-state index in [0.717, 1.165) is 44.6 Å². The Morgan fingerprint density at radius 1 is 0.617 bits per heavy atom. The second-order valence-corrected chi connectivity index (χ2v) is 14.9. The molecule has 0 saturated heterocycles. The van der Waals surface area contributed by atoms with Crippen molar-refractivity contribution in [1.29, 1.82) is 0 Å². The fourth-order valence-corrected chi connectivity index (χ4v) is 7.57. The maximum atomic E-state index is 11.4. The summed E-state index contributed by atoms with van der Waals surface area (Å²) in [7, 11) is 0. The van der Waals surface area contributed by atoms with E-state index in [4.69, 9.17) is 23.7 Å². The molecule has 0 atom stereocenters. The summed E-state index contributed by atoms with van der Waals surface area (Å²) < 4.78 is 84.7. The Bertz CT molecular complexity index is 3310. The predicted octanol–water partition coefficient (Wildman–Crippen LogP) is 14.3. The monoisotopic (exact) mass is 969 g/mol. The van der Waals surface area contributed by atoms with Gasteiger partial charge in [0.1, 0.15) is 11.6 Å². The van der Waals surface area contributed by atoms with Crippen molar-refractivity contribution >= 4 is 11.0 Å². The van der Waals surface area contributed by atoms with Crippen LogP contribution in [0.25, 0.3) is 83.9 Å². The van der Waals surface area contributed by atoms with Gasteiger partial charge in [-0.25, -0.2) is 4.98 Å². The van der Waals surface area contributed by atoms with E-state index in [-0.39, 0.29) is 32.4 Å². The van der Waals surface area contributed by atoms with Crippen LogP contribution in [0.4, 0.5) is 0 Å². The standard InChI is InChI=1S/C55H46N3O.Pt/c1-36(2)41-29-43(38-17-10-7-11-18-38)34-47(33-41)58-51-21-14-20-48(53(51)57-54(58)49-19-12-13-22-52(49)59)44-30-42(37-15-8-6-9-16-37)31-45(32-44)50-35-40(27-28-56-50)39-23-25-46(26-24-39)55(3,4)5;/h6-31,33-36,59H,1-5H3;/q-1;/i3D3,4D3,5D3,36D;. The second-order valence-electron chi connectivity index (χ2n) is 14.9. The molecular formula is C55H46N3OPt-. The number of aromatic hydroxyl groups is 1. The Labute approximate surface area is 381 Å². The first-order valence-electron chi connectivity index (χ1n) is 24.4. The zero-order chi connectivity index (χ0) is 49.1. The van der Waals surface area contributed by atoms with Crippen LogP contribution in [-0.4, -0.2) is 19.6 Å². The van der Waals surface area contributed by atoms with Crippen molar-refractivity contribution in [2.24, 2.45) is 0 Å². The maximum absolute atomic E-state index is 11.4. The summed E-state index contributed by atoms with van der Waals surface area (Å²) in [4.78, 5) is 10.1. The zero-order valence-corrected chi connectivity index (χ0v) is 35.1. The van der Waals surface area contributed by atoms with Gasteiger partial charge in [0.2, 0.25) is 0 Å². The zero-order valence-electron chi connectivity index (χ0n) is 42.8. The van der Waals surface area contributed by atoms with Gasteiger partial charge in [-0.05, 0) is 86.7 Å². The molecule has 0 radical (unpaired) electrons. The summed E-state index contributed by atoms with van der Waals surface area (Å²) in [6.45, 7) is -6.41. The molecule has 1 N–H and O–H groups in total. The van der Waals surface area contributed by atoms with Crippen LogP contribution in [0.15, 0.2) is 176 Å². The Kier molecular flexibility index (Phi) is 8.30. The molecule has 0 saturated carbocycles. The number of rotatable bonds is 8. The van der Waals surface area contributed by atoms with Crippen LogP contribution < -0.4 is 0 Å². The summed E-state index contributed by atoms with van der Waals surface area (Å²) in [6.07, 6.45) is 1.63. The minimum atomic E-state index is -3.38. The van der Waals surface area contributed by atoms with E-state index >= 15 is 0 Å². The molecule has 0 aliphatic carbocycles. The number of hydrogen-bond acceptors (Lipinski definition) is 3. The first-order valence-corrected chi connectivity index (χ1v) is 19.4. The summed E-state index contributed by atoms with van der Waals surface area (Å²) in [5.74, 6) is -0.384. The van der Waals surface area contributed by atoms with E-state index in [1.165, 1.54) is 24.3 Å². The number of phenolic OH excluding ortho intramolecular Hbond substituents is 1. The molecule has 7 aromatic carbocycles. The van der Waals surface area contributed by atoms with Crippen LogP contribution >= 0.6 is 0 Å². The summed E-state index contributed by atoms with van der Waals surface area (Å²) >= 11 is 0. The fraction of sp³-hybridized carbons (Fsp3) is 0.127. The Hall–Kier alpha value is -6.35. The van der Waals surface area contributed by atoms with E-state index in [9.17, 15) is 5.11 Å². The van der Waals surface area contributed by atoms with E-state index < -0.39 is 31.9 Å². The van der Waals surface area contributed by atoms with Gasteiger partial charge in [0.15, 0.2) is 0 Å². The molecule has 9 rings (SSSR count). The van der Waals surface area contributed by atoms with E-state index in [0.29, 0.717) is 44.9 Å². The third kappa shape index (κ3) is 8.01. The van der Waals surface area contributed by atoms with Gasteiger partial charge in [0, 0.05) is 52.4 Å². The molecular weight excluding hydrogens is 914 g/mol. The first-order chi connectivity index (χ1) is 32.7. The van der Waals surface area contributed by atoms with Crippen LogP contribution in [-0.2, 0) is 26.5 Å². The molecule has 0 fully saturated rings. The topological polar surface area (TPSA) is 50.9 Å². The number of pyridine rings is 1. The van der Waals surface area contributed by atoms with Crippen molar-refractivity contribution in [3.05, 3.63) is 193 Å². The van der Waals surface area contributed by atoms with E-state index in [1.54, 1.807) is 24.4 Å². The van der Waals surface area contributed by atoms with Crippen LogP contribution in [0.2, 0.25) is 0 Å². The van der Waals surface area contributed by atoms with Crippen molar-refractivity contribution < 1.29 is 39.9 Å². The van der Waals surface area contributed by atoms with Crippen LogP contribution in [0.5, 0.6) is 5.75 Å². The molecule has 0 unspecified atom stereocenters. The summed E-state index contributed by atoms with van der Waals surface area (Å²) in [5.41, 5.74) is 7.69. The van der Waals surface area contributed by atoms with Gasteiger partial charge in [-0.1, -0.05) is 172 Å². The Morgan fingerprint density at radius 3 is 1.93 bits per heavy atom. The quantitative estimate of drug-likeness (QED) is 0.154. The third-order valence-corrected chi connectivity index (χ3v) is 10.6. The first kappa shape index (κ1) is 29.8. The molecule has 0 bridgehead atoms. The van der Waals surface area contributed by atoms with Gasteiger partial charge in [0.25, 0.3) is 0 Å². The molecule has 2 heterocycles. The minimum absolute atomic E-state index is 0. The molecule has 9 aromatic rings. The number of hydrogen-bond donors (Lipinski definition) is 1. The van der Waals surface area contributed by atoms with Crippen molar-refractivity contribution in [3.63, 3.8) is 0 Å². The van der Waals surface area contributed by atoms with Crippen molar-refractivity contribution in [1.82, 2.24) is 14.5 Å². The third-order valence-electron chi connectivity index (χ3n) is 10.6. The van der Waals surface area contributed by atoms with Crippen LogP contribution in [0.1, 0.15) is 65.1 Å². The largest absolute Gasteiger partial charge is 0.507 e. The average molecular weight is 970 g/mol. The van der Waals surface area contributed by atoms with Crippen LogP contribution in [0, 0.1) is 6.07 Å². The smallest absolute Gasteiger partial charge is 0.148 e. The number of nitrogens with zero attached hydrogens (tertiary/aromatic N) is 3. The number of phenols is 1. The van der Waals surface area contributed by atoms with E-state index in [1.807, 2.05) is 134 Å². The van der Waals surface area contributed by atoms with Gasteiger partial charge in [-0.3, -0.25) is 9.55 Å². The van der Waals surface area contributed by atoms with Gasteiger partial charge in [-0.15, -0.1) is 23.8 Å². The number of aromatic nitrogens is 3. The van der Waals surface area contributed by atoms with Crippen molar-refractivity contribution in [2.45, 2.75) is 45.7 Å². The Morgan fingerprint density at radius 2 is 1.25 bits per heavy atom. The SMILES string of the molecule is [2H]C(C)(C)c1cc(-c2ccccc2)cc(-n2c(-c3ccccc3O)nc3c(-c4[c-]c(-c5cc(-c6ccc(C(C([2H])([2H])[2H])(C([2H])([2H])[2H])C([2H])([2H])[2H])cc6)ccn5)cc(-c5ccccc5)c4)cccc32)c1.[Pt]. The van der Waals surface area contributed by atoms with E-state index in [2.05, 4.69) is 18.2 Å². The summed E-state index contributed by atoms with van der Waals surface area (Å²) in [6, 6.07) is 56.0. The average Bonchev–Trinajstić information content (AvgIpc) is 3.70. The molecule has 4 nitrogen and oxygen atoms in total. The second kappa shape index (κ2) is 16.7. The predicted molar refractivity (Wildman–Crippen MR) is 245 cm³/mol. The molecule has 60 heavy (non-hydrogen) atoms. The molecule has 298 valence electrons. The van der Waals surface area contributed by atoms with Crippen LogP contribution in [0.3, 0.4) is 0 Å². The van der Waals surface area contributed by atoms with Gasteiger partial charge in [0.05, 0.1) is 16.6 Å². The molecule has 0 aliphatic rings. The maximum Gasteiger partial charge on any atom is 0.148 e. The number of fused-ring (bicyclic) bond motifs is 1. The van der Waals surface area contributed by atoms with Crippen molar-refractivity contribution in [2.75, 3.05) is 0 Å². The molecule has 0 spiro atoms.